The van der Waals surface area contributed by atoms with Crippen molar-refractivity contribution in [3.63, 3.8) is 0 Å². The van der Waals surface area contributed by atoms with Crippen LogP contribution in [-0.2, 0) is 12.8 Å². The van der Waals surface area contributed by atoms with Gasteiger partial charge in [0.1, 0.15) is 13.2 Å². The van der Waals surface area contributed by atoms with Crippen molar-refractivity contribution in [2.24, 2.45) is 0 Å². The second-order valence-corrected chi connectivity index (χ2v) is 6.44. The summed E-state index contributed by atoms with van der Waals surface area (Å²) in [6.45, 7) is 3.09. The van der Waals surface area contributed by atoms with Crippen molar-refractivity contribution < 1.29 is 14.3 Å². The summed E-state index contributed by atoms with van der Waals surface area (Å²) in [5.74, 6) is 1.24. The summed E-state index contributed by atoms with van der Waals surface area (Å²) in [6, 6.07) is 11.8. The normalized spacial score (nSPS) is 16.4. The molecule has 0 spiro atoms. The van der Waals surface area contributed by atoms with Crippen LogP contribution in [0.2, 0.25) is 0 Å². The monoisotopic (exact) mass is 323 g/mol. The fourth-order valence-electron chi connectivity index (χ4n) is 3.41. The average Bonchev–Trinajstić information content (AvgIpc) is 3.08. The van der Waals surface area contributed by atoms with E-state index in [9.17, 15) is 4.79 Å². The minimum absolute atomic E-state index is 0.0309. The first kappa shape index (κ1) is 15.1. The molecule has 2 aliphatic rings. The fraction of sp³-hybridized carbons (Fsp3) is 0.350. The number of rotatable bonds is 3. The zero-order chi connectivity index (χ0) is 16.5. The number of ether oxygens (including phenoxy) is 2. The number of fused-ring (bicyclic) bond motifs is 2. The summed E-state index contributed by atoms with van der Waals surface area (Å²) in [4.78, 5) is 12.5. The number of hydrogen-bond acceptors (Lipinski definition) is 3. The summed E-state index contributed by atoms with van der Waals surface area (Å²) >= 11 is 0. The fourth-order valence-corrected chi connectivity index (χ4v) is 3.41. The third-order valence-corrected chi connectivity index (χ3v) is 4.77. The number of hydrogen-bond donors (Lipinski definition) is 1. The Morgan fingerprint density at radius 2 is 1.79 bits per heavy atom. The molecule has 0 saturated carbocycles. The van der Waals surface area contributed by atoms with Gasteiger partial charge in [0.15, 0.2) is 11.5 Å². The van der Waals surface area contributed by atoms with E-state index in [-0.39, 0.29) is 11.9 Å². The average molecular weight is 323 g/mol. The Balaban J connectivity index is 1.49. The minimum Gasteiger partial charge on any atom is -0.486 e. The lowest BCUT2D eigenvalue weighted by Gasteiger charge is -2.19. The lowest BCUT2D eigenvalue weighted by Crippen LogP contribution is -2.27. The second-order valence-electron chi connectivity index (χ2n) is 6.44. The molecule has 1 atom stereocenters. The van der Waals surface area contributed by atoms with Crippen molar-refractivity contribution in [3.05, 3.63) is 58.7 Å². The molecule has 2 aromatic carbocycles. The molecule has 0 aromatic heterocycles. The van der Waals surface area contributed by atoms with Gasteiger partial charge < -0.3 is 14.8 Å². The molecule has 2 aromatic rings. The Morgan fingerprint density at radius 3 is 2.67 bits per heavy atom. The van der Waals surface area contributed by atoms with E-state index >= 15 is 0 Å². The smallest absolute Gasteiger partial charge is 0.251 e. The number of aryl methyl sites for hydroxylation is 2. The molecule has 1 unspecified atom stereocenters. The topological polar surface area (TPSA) is 47.6 Å². The molecule has 4 rings (SSSR count). The first-order valence-corrected chi connectivity index (χ1v) is 8.53. The predicted molar refractivity (Wildman–Crippen MR) is 91.8 cm³/mol. The van der Waals surface area contributed by atoms with Crippen LogP contribution in [0.25, 0.3) is 0 Å². The maximum atomic E-state index is 12.5. The highest BCUT2D eigenvalue weighted by molar-refractivity contribution is 5.95. The van der Waals surface area contributed by atoms with Gasteiger partial charge in [0.2, 0.25) is 0 Å². The molecule has 124 valence electrons. The summed E-state index contributed by atoms with van der Waals surface area (Å²) in [7, 11) is 0. The van der Waals surface area contributed by atoms with Gasteiger partial charge in [-0.05, 0) is 61.1 Å². The number of carbonyl (C=O) groups excluding carboxylic acids is 1. The zero-order valence-corrected chi connectivity index (χ0v) is 13.8. The maximum Gasteiger partial charge on any atom is 0.251 e. The first-order chi connectivity index (χ1) is 11.7. The molecule has 0 radical (unpaired) electrons. The zero-order valence-electron chi connectivity index (χ0n) is 13.8. The third kappa shape index (κ3) is 2.84. The van der Waals surface area contributed by atoms with Crippen LogP contribution < -0.4 is 14.8 Å². The molecule has 4 heteroatoms. The summed E-state index contributed by atoms with van der Waals surface area (Å²) < 4.78 is 11.0. The highest BCUT2D eigenvalue weighted by atomic mass is 16.6. The molecule has 1 amide bonds. The summed E-state index contributed by atoms with van der Waals surface area (Å²) in [6.07, 6.45) is 3.55. The highest BCUT2D eigenvalue weighted by Crippen LogP contribution is 2.31. The Labute approximate surface area is 141 Å². The van der Waals surface area contributed by atoms with Crippen LogP contribution in [0.1, 0.15) is 46.4 Å². The van der Waals surface area contributed by atoms with E-state index in [1.54, 1.807) is 18.2 Å². The lowest BCUT2D eigenvalue weighted by atomic mass is 10.0. The van der Waals surface area contributed by atoms with Crippen molar-refractivity contribution in [2.75, 3.05) is 13.2 Å². The van der Waals surface area contributed by atoms with Crippen LogP contribution in [0, 0.1) is 0 Å². The Morgan fingerprint density at radius 1 is 1.00 bits per heavy atom. The van der Waals surface area contributed by atoms with Crippen LogP contribution in [0.3, 0.4) is 0 Å². The molecule has 0 saturated heterocycles. The molecule has 1 aliphatic carbocycles. The van der Waals surface area contributed by atoms with Gasteiger partial charge in [0.05, 0.1) is 6.04 Å². The summed E-state index contributed by atoms with van der Waals surface area (Å²) in [5.41, 5.74) is 4.62. The van der Waals surface area contributed by atoms with Crippen LogP contribution in [0.5, 0.6) is 11.5 Å². The molecule has 0 fully saturated rings. The van der Waals surface area contributed by atoms with Gasteiger partial charge in [-0.1, -0.05) is 18.2 Å². The van der Waals surface area contributed by atoms with E-state index < -0.39 is 0 Å². The van der Waals surface area contributed by atoms with E-state index in [2.05, 4.69) is 23.5 Å². The van der Waals surface area contributed by atoms with Crippen LogP contribution >= 0.6 is 0 Å². The van der Waals surface area contributed by atoms with Crippen molar-refractivity contribution in [2.45, 2.75) is 32.2 Å². The van der Waals surface area contributed by atoms with E-state index in [4.69, 9.17) is 9.47 Å². The molecule has 4 nitrogen and oxygen atoms in total. The highest BCUT2D eigenvalue weighted by Gasteiger charge is 2.18. The molecule has 24 heavy (non-hydrogen) atoms. The van der Waals surface area contributed by atoms with Crippen molar-refractivity contribution >= 4 is 5.91 Å². The van der Waals surface area contributed by atoms with Crippen LogP contribution in [0.15, 0.2) is 36.4 Å². The van der Waals surface area contributed by atoms with Gasteiger partial charge in [-0.3, -0.25) is 4.79 Å². The number of carbonyl (C=O) groups is 1. The summed E-state index contributed by atoms with van der Waals surface area (Å²) in [5, 5.41) is 3.08. The largest absolute Gasteiger partial charge is 0.486 e. The lowest BCUT2D eigenvalue weighted by molar-refractivity contribution is 0.0938. The van der Waals surface area contributed by atoms with E-state index in [1.807, 2.05) is 6.92 Å². The Kier molecular flexibility index (Phi) is 3.89. The van der Waals surface area contributed by atoms with Gasteiger partial charge in [-0.2, -0.15) is 0 Å². The number of nitrogens with one attached hydrogen (secondary N) is 1. The predicted octanol–water partition coefficient (Wildman–Crippen LogP) is 3.44. The minimum atomic E-state index is -0.0972. The van der Waals surface area contributed by atoms with E-state index in [1.165, 1.54) is 24.0 Å². The SMILES string of the molecule is CC(NC(=O)c1ccc2c(c1)OCCO2)c1ccc2c(c1)CCC2. The van der Waals surface area contributed by atoms with Gasteiger partial charge in [0, 0.05) is 5.56 Å². The Hall–Kier alpha value is -2.49. The molecular formula is C20H21NO3. The van der Waals surface area contributed by atoms with Crippen molar-refractivity contribution in [1.29, 1.82) is 0 Å². The number of amides is 1. The van der Waals surface area contributed by atoms with Crippen molar-refractivity contribution in [1.82, 2.24) is 5.32 Å². The Bertz CT molecular complexity index is 784. The van der Waals surface area contributed by atoms with Gasteiger partial charge in [-0.15, -0.1) is 0 Å². The third-order valence-electron chi connectivity index (χ3n) is 4.77. The quantitative estimate of drug-likeness (QED) is 0.941. The maximum absolute atomic E-state index is 12.5. The number of benzene rings is 2. The van der Waals surface area contributed by atoms with E-state index in [0.717, 1.165) is 12.0 Å². The van der Waals surface area contributed by atoms with E-state index in [0.29, 0.717) is 30.3 Å². The van der Waals surface area contributed by atoms with Gasteiger partial charge in [0.25, 0.3) is 5.91 Å². The van der Waals surface area contributed by atoms with Gasteiger partial charge in [-0.25, -0.2) is 0 Å². The van der Waals surface area contributed by atoms with Crippen LogP contribution in [0.4, 0.5) is 0 Å². The van der Waals surface area contributed by atoms with Gasteiger partial charge >= 0.3 is 0 Å². The molecule has 1 heterocycles. The first-order valence-electron chi connectivity index (χ1n) is 8.53. The standard InChI is InChI=1S/C20H21NO3/c1-13(15-6-5-14-3-2-4-16(14)11-15)21-20(22)17-7-8-18-19(12-17)24-10-9-23-18/h5-8,11-13H,2-4,9-10H2,1H3,(H,21,22). The molecule has 1 N–H and O–H groups in total. The van der Waals surface area contributed by atoms with Crippen LogP contribution in [-0.4, -0.2) is 19.1 Å². The second kappa shape index (κ2) is 6.19. The molecular weight excluding hydrogens is 302 g/mol. The molecule has 0 bridgehead atoms. The molecule has 1 aliphatic heterocycles. The van der Waals surface area contributed by atoms with Crippen molar-refractivity contribution in [3.8, 4) is 11.5 Å².